The lowest BCUT2D eigenvalue weighted by Gasteiger charge is -2.25. The molecule has 26 heavy (non-hydrogen) atoms. The van der Waals surface area contributed by atoms with E-state index in [-0.39, 0.29) is 24.1 Å². The van der Waals surface area contributed by atoms with Gasteiger partial charge in [0.15, 0.2) is 0 Å². The van der Waals surface area contributed by atoms with Crippen LogP contribution in [0.4, 0.5) is 4.79 Å². The van der Waals surface area contributed by atoms with Gasteiger partial charge in [0.1, 0.15) is 11.9 Å². The molecule has 2 atom stereocenters. The Kier molecular flexibility index (Phi) is 4.24. The van der Waals surface area contributed by atoms with E-state index in [1.807, 2.05) is 48.5 Å². The van der Waals surface area contributed by atoms with E-state index in [1.165, 1.54) is 0 Å². The Hall–Kier alpha value is -3.02. The number of likely N-dealkylation sites (N-methyl/N-ethyl adjacent to an activating group) is 1. The van der Waals surface area contributed by atoms with Crippen LogP contribution < -0.4 is 10.1 Å². The molecule has 0 spiro atoms. The molecule has 2 heterocycles. The number of ether oxygens (including phenoxy) is 1. The summed E-state index contributed by atoms with van der Waals surface area (Å²) in [6.45, 7) is 1.39. The van der Waals surface area contributed by atoms with E-state index in [9.17, 15) is 9.59 Å². The predicted molar refractivity (Wildman–Crippen MR) is 97.0 cm³/mol. The minimum Gasteiger partial charge on any atom is -0.486 e. The van der Waals surface area contributed by atoms with Gasteiger partial charge in [-0.1, -0.05) is 42.5 Å². The zero-order valence-electron chi connectivity index (χ0n) is 14.6. The summed E-state index contributed by atoms with van der Waals surface area (Å²) < 4.78 is 6.08. The molecule has 4 rings (SSSR count). The summed E-state index contributed by atoms with van der Waals surface area (Å²) in [5, 5.41) is 2.94. The number of benzene rings is 2. The van der Waals surface area contributed by atoms with Gasteiger partial charge in [0.05, 0.1) is 18.2 Å². The summed E-state index contributed by atoms with van der Waals surface area (Å²) in [6, 6.07) is 16.8. The van der Waals surface area contributed by atoms with Gasteiger partial charge in [0, 0.05) is 20.1 Å². The Morgan fingerprint density at radius 3 is 2.65 bits per heavy atom. The van der Waals surface area contributed by atoms with Crippen molar-refractivity contribution in [2.75, 3.05) is 20.1 Å². The maximum Gasteiger partial charge on any atom is 0.317 e. The van der Waals surface area contributed by atoms with Crippen LogP contribution in [0.2, 0.25) is 0 Å². The van der Waals surface area contributed by atoms with Crippen molar-refractivity contribution in [2.24, 2.45) is 0 Å². The average molecular weight is 351 g/mol. The number of nitrogens with zero attached hydrogens (tertiary/aromatic N) is 2. The first-order chi connectivity index (χ1) is 12.6. The second-order valence-corrected chi connectivity index (χ2v) is 6.69. The lowest BCUT2D eigenvalue weighted by Crippen LogP contribution is -2.44. The molecule has 0 aromatic heterocycles. The zero-order chi connectivity index (χ0) is 18.1. The first-order valence-corrected chi connectivity index (χ1v) is 8.73. The summed E-state index contributed by atoms with van der Waals surface area (Å²) in [7, 11) is 1.77. The van der Waals surface area contributed by atoms with Crippen molar-refractivity contribution in [1.82, 2.24) is 15.1 Å². The lowest BCUT2D eigenvalue weighted by molar-refractivity contribution is 0.0682. The molecule has 3 amide bonds. The second kappa shape index (κ2) is 6.71. The average Bonchev–Trinajstić information content (AvgIpc) is 3.06. The lowest BCUT2D eigenvalue weighted by atomic mass is 10.1. The third kappa shape index (κ3) is 2.98. The molecular weight excluding hydrogens is 330 g/mol. The van der Waals surface area contributed by atoms with Crippen LogP contribution >= 0.6 is 0 Å². The van der Waals surface area contributed by atoms with Crippen molar-refractivity contribution in [3.63, 3.8) is 0 Å². The van der Waals surface area contributed by atoms with Crippen LogP contribution in [-0.2, 0) is 6.54 Å². The largest absolute Gasteiger partial charge is 0.486 e. The number of carbonyl (C=O) groups excluding carboxylic acids is 2. The molecule has 6 nitrogen and oxygen atoms in total. The molecule has 0 radical (unpaired) electrons. The molecule has 0 aliphatic carbocycles. The van der Waals surface area contributed by atoms with Crippen LogP contribution in [0.3, 0.4) is 0 Å². The van der Waals surface area contributed by atoms with Crippen LogP contribution in [0.5, 0.6) is 5.75 Å². The maximum absolute atomic E-state index is 12.7. The zero-order valence-corrected chi connectivity index (χ0v) is 14.6. The molecule has 1 saturated heterocycles. The smallest absolute Gasteiger partial charge is 0.317 e. The summed E-state index contributed by atoms with van der Waals surface area (Å²) in [5.41, 5.74) is 1.62. The van der Waals surface area contributed by atoms with Crippen LogP contribution in [0.25, 0.3) is 0 Å². The molecule has 134 valence electrons. The fourth-order valence-corrected chi connectivity index (χ4v) is 3.55. The normalized spacial score (nSPS) is 21.5. The Bertz CT molecular complexity index is 824. The number of carbonyl (C=O) groups is 2. The van der Waals surface area contributed by atoms with E-state index in [4.69, 9.17) is 4.74 Å². The van der Waals surface area contributed by atoms with Crippen molar-refractivity contribution in [3.05, 3.63) is 65.7 Å². The second-order valence-electron chi connectivity index (χ2n) is 6.69. The van der Waals surface area contributed by atoms with Crippen molar-refractivity contribution < 1.29 is 14.3 Å². The van der Waals surface area contributed by atoms with Crippen molar-refractivity contribution in [3.8, 4) is 5.75 Å². The number of likely N-dealkylation sites (tertiary alicyclic amines) is 1. The highest BCUT2D eigenvalue weighted by Gasteiger charge is 2.43. The number of hydrogen-bond donors (Lipinski definition) is 1. The fourth-order valence-electron chi connectivity index (χ4n) is 3.55. The number of rotatable bonds is 2. The molecule has 0 bridgehead atoms. The molecular formula is C20H21N3O3. The van der Waals surface area contributed by atoms with Crippen molar-refractivity contribution >= 4 is 11.9 Å². The van der Waals surface area contributed by atoms with E-state index in [2.05, 4.69) is 5.32 Å². The van der Waals surface area contributed by atoms with E-state index in [0.29, 0.717) is 30.9 Å². The van der Waals surface area contributed by atoms with Gasteiger partial charge in [-0.05, 0) is 17.7 Å². The Morgan fingerprint density at radius 1 is 1.12 bits per heavy atom. The van der Waals surface area contributed by atoms with Gasteiger partial charge in [-0.3, -0.25) is 4.79 Å². The minimum atomic E-state index is -0.227. The molecule has 1 N–H and O–H groups in total. The number of amides is 3. The quantitative estimate of drug-likeness (QED) is 0.901. The molecule has 1 fully saturated rings. The third-order valence-electron chi connectivity index (χ3n) is 5.02. The number of fused-ring (bicyclic) bond motifs is 2. The topological polar surface area (TPSA) is 61.9 Å². The molecule has 2 aromatic carbocycles. The van der Waals surface area contributed by atoms with Crippen LogP contribution in [0, 0.1) is 0 Å². The SMILES string of the molecule is CN1C(=O)c2ccccc2OC2CN(C(=O)NCc3ccccc3)CC21. The standard InChI is InChI=1S/C20H21N3O3/c1-22-16-12-23(20(25)21-11-14-7-3-2-4-8-14)13-18(16)26-17-10-6-5-9-15(17)19(22)24/h2-10,16,18H,11-13H2,1H3,(H,21,25). The molecule has 2 aliphatic rings. The Morgan fingerprint density at radius 2 is 1.85 bits per heavy atom. The molecule has 0 saturated carbocycles. The van der Waals surface area contributed by atoms with Gasteiger partial charge in [-0.15, -0.1) is 0 Å². The summed E-state index contributed by atoms with van der Waals surface area (Å²) >= 11 is 0. The predicted octanol–water partition coefficient (Wildman–Crippen LogP) is 2.11. The Labute approximate surface area is 152 Å². The van der Waals surface area contributed by atoms with Gasteiger partial charge in [0.2, 0.25) is 0 Å². The fraction of sp³-hybridized carbons (Fsp3) is 0.300. The number of hydrogen-bond acceptors (Lipinski definition) is 3. The molecule has 2 aliphatic heterocycles. The van der Waals surface area contributed by atoms with E-state index >= 15 is 0 Å². The van der Waals surface area contributed by atoms with E-state index < -0.39 is 0 Å². The van der Waals surface area contributed by atoms with Gasteiger partial charge in [-0.2, -0.15) is 0 Å². The summed E-state index contributed by atoms with van der Waals surface area (Å²) in [4.78, 5) is 28.6. The third-order valence-corrected chi connectivity index (χ3v) is 5.02. The van der Waals surface area contributed by atoms with Gasteiger partial charge >= 0.3 is 6.03 Å². The highest BCUT2D eigenvalue weighted by molar-refractivity contribution is 5.97. The number of para-hydroxylation sites is 1. The van der Waals surface area contributed by atoms with E-state index in [0.717, 1.165) is 5.56 Å². The molecule has 6 heteroatoms. The van der Waals surface area contributed by atoms with Crippen LogP contribution in [0.1, 0.15) is 15.9 Å². The highest BCUT2D eigenvalue weighted by atomic mass is 16.5. The Balaban J connectivity index is 1.46. The van der Waals surface area contributed by atoms with E-state index in [1.54, 1.807) is 22.9 Å². The monoisotopic (exact) mass is 351 g/mol. The summed E-state index contributed by atoms with van der Waals surface area (Å²) in [5.74, 6) is 0.517. The van der Waals surface area contributed by atoms with Gasteiger partial charge in [0.25, 0.3) is 5.91 Å². The van der Waals surface area contributed by atoms with Crippen molar-refractivity contribution in [2.45, 2.75) is 18.7 Å². The highest BCUT2D eigenvalue weighted by Crippen LogP contribution is 2.30. The van der Waals surface area contributed by atoms with Crippen LogP contribution in [-0.4, -0.2) is 54.0 Å². The van der Waals surface area contributed by atoms with Crippen molar-refractivity contribution in [1.29, 1.82) is 0 Å². The van der Waals surface area contributed by atoms with Gasteiger partial charge < -0.3 is 19.9 Å². The first-order valence-electron chi connectivity index (χ1n) is 8.73. The maximum atomic E-state index is 12.7. The first kappa shape index (κ1) is 16.4. The molecule has 2 unspecified atom stereocenters. The number of nitrogens with one attached hydrogen (secondary N) is 1. The number of urea groups is 1. The minimum absolute atomic E-state index is 0.0698. The van der Waals surface area contributed by atoms with Gasteiger partial charge in [-0.25, -0.2) is 4.79 Å². The molecule has 2 aromatic rings. The summed E-state index contributed by atoms with van der Waals surface area (Å²) in [6.07, 6.45) is -0.227. The van der Waals surface area contributed by atoms with Crippen LogP contribution in [0.15, 0.2) is 54.6 Å².